The van der Waals surface area contributed by atoms with Gasteiger partial charge in [-0.15, -0.1) is 0 Å². The average Bonchev–Trinajstić information content (AvgIpc) is 3.06. The minimum absolute atomic E-state index is 0.0616. The third-order valence-electron chi connectivity index (χ3n) is 4.63. The van der Waals surface area contributed by atoms with E-state index in [0.29, 0.717) is 24.4 Å². The van der Waals surface area contributed by atoms with Gasteiger partial charge in [0.05, 0.1) is 16.9 Å². The van der Waals surface area contributed by atoms with Crippen LogP contribution in [0.3, 0.4) is 0 Å². The number of carbonyl (C=O) groups excluding carboxylic acids is 1. The summed E-state index contributed by atoms with van der Waals surface area (Å²) < 4.78 is 0. The van der Waals surface area contributed by atoms with Crippen molar-refractivity contribution >= 4 is 34.1 Å². The molecule has 0 atom stereocenters. The minimum atomic E-state index is 0.0616. The molecule has 0 spiro atoms. The van der Waals surface area contributed by atoms with E-state index in [1.54, 1.807) is 11.2 Å². The molecule has 5 nitrogen and oxygen atoms in total. The van der Waals surface area contributed by atoms with Gasteiger partial charge in [-0.1, -0.05) is 23.7 Å². The van der Waals surface area contributed by atoms with Crippen molar-refractivity contribution in [2.45, 2.75) is 26.2 Å². The molecule has 27 heavy (non-hydrogen) atoms. The molecule has 1 aliphatic rings. The molecule has 3 heterocycles. The number of halogens is 1. The summed E-state index contributed by atoms with van der Waals surface area (Å²) in [6, 6.07) is 13.5. The number of carbonyl (C=O) groups is 1. The second-order valence-corrected chi connectivity index (χ2v) is 7.08. The molecule has 4 rings (SSSR count). The van der Waals surface area contributed by atoms with E-state index in [1.165, 1.54) is 0 Å². The molecule has 0 N–H and O–H groups in total. The molecule has 0 saturated carbocycles. The number of pyridine rings is 2. The Morgan fingerprint density at radius 3 is 2.93 bits per heavy atom. The zero-order valence-electron chi connectivity index (χ0n) is 15.0. The number of aromatic nitrogens is 2. The lowest BCUT2D eigenvalue weighted by Gasteiger charge is -2.14. The summed E-state index contributed by atoms with van der Waals surface area (Å²) in [5.74, 6) is 0.0616. The molecule has 6 heteroatoms. The average molecular weight is 379 g/mol. The summed E-state index contributed by atoms with van der Waals surface area (Å²) in [6.45, 7) is 2.60. The predicted octanol–water partition coefficient (Wildman–Crippen LogP) is 4.16. The first-order chi connectivity index (χ1) is 13.1. The third kappa shape index (κ3) is 3.83. The van der Waals surface area contributed by atoms with Crippen molar-refractivity contribution in [1.29, 1.82) is 0 Å². The highest BCUT2D eigenvalue weighted by atomic mass is 35.5. The third-order valence-corrected chi connectivity index (χ3v) is 4.86. The van der Waals surface area contributed by atoms with Crippen LogP contribution in [-0.4, -0.2) is 33.1 Å². The Morgan fingerprint density at radius 1 is 1.26 bits per heavy atom. The van der Waals surface area contributed by atoms with Crippen LogP contribution in [0.15, 0.2) is 53.8 Å². The monoisotopic (exact) mass is 378 g/mol. The van der Waals surface area contributed by atoms with E-state index in [4.69, 9.17) is 11.6 Å². The maximum Gasteiger partial charge on any atom is 0.242 e. The van der Waals surface area contributed by atoms with Crippen molar-refractivity contribution in [1.82, 2.24) is 15.0 Å². The van der Waals surface area contributed by atoms with Crippen molar-refractivity contribution in [3.8, 4) is 0 Å². The standard InChI is InChI=1S/C21H19ClN4O/c1-14-4-2-5-18(24-14)20(25-26-11-3-6-21(26)27)12-15-9-10-23-19-13-16(22)7-8-17(15)19/h2,4-5,7-10,13H,3,6,11-12H2,1H3. The summed E-state index contributed by atoms with van der Waals surface area (Å²) in [4.78, 5) is 21.1. The Labute approximate surface area is 162 Å². The van der Waals surface area contributed by atoms with Crippen LogP contribution in [0.25, 0.3) is 10.9 Å². The number of nitrogens with zero attached hydrogens (tertiary/aromatic N) is 4. The molecule has 1 fully saturated rings. The minimum Gasteiger partial charge on any atom is -0.273 e. The molecule has 1 aliphatic heterocycles. The van der Waals surface area contributed by atoms with Crippen LogP contribution in [0.2, 0.25) is 5.02 Å². The normalized spacial score (nSPS) is 15.0. The highest BCUT2D eigenvalue weighted by Gasteiger charge is 2.21. The maximum atomic E-state index is 12.1. The number of amides is 1. The fourth-order valence-corrected chi connectivity index (χ4v) is 3.45. The number of hydrazone groups is 1. The van der Waals surface area contributed by atoms with E-state index < -0.39 is 0 Å². The Hall–Kier alpha value is -2.79. The molecule has 136 valence electrons. The lowest BCUT2D eigenvalue weighted by molar-refractivity contribution is -0.127. The van der Waals surface area contributed by atoms with Gasteiger partial charge in [-0.25, -0.2) is 5.01 Å². The number of aryl methyl sites for hydroxylation is 1. The molecule has 0 bridgehead atoms. The van der Waals surface area contributed by atoms with Crippen molar-refractivity contribution in [2.24, 2.45) is 5.10 Å². The SMILES string of the molecule is Cc1cccc(C(Cc2ccnc3cc(Cl)ccc23)=NN2CCCC2=O)n1. The molecule has 0 aliphatic carbocycles. The van der Waals surface area contributed by atoms with Gasteiger partial charge in [0.2, 0.25) is 5.91 Å². The molecule has 3 aromatic rings. The van der Waals surface area contributed by atoms with E-state index in [2.05, 4.69) is 15.1 Å². The van der Waals surface area contributed by atoms with Gasteiger partial charge in [-0.3, -0.25) is 14.8 Å². The van der Waals surface area contributed by atoms with Crippen LogP contribution >= 0.6 is 11.6 Å². The summed E-state index contributed by atoms with van der Waals surface area (Å²) in [5.41, 5.74) is 4.39. The smallest absolute Gasteiger partial charge is 0.242 e. The molecule has 2 aromatic heterocycles. The van der Waals surface area contributed by atoms with Crippen molar-refractivity contribution in [3.63, 3.8) is 0 Å². The lowest BCUT2D eigenvalue weighted by atomic mass is 10.0. The van der Waals surface area contributed by atoms with Gasteiger partial charge in [-0.2, -0.15) is 5.10 Å². The summed E-state index contributed by atoms with van der Waals surface area (Å²) in [6.07, 6.45) is 3.72. The first-order valence-corrected chi connectivity index (χ1v) is 9.33. The first-order valence-electron chi connectivity index (χ1n) is 8.95. The number of rotatable bonds is 4. The maximum absolute atomic E-state index is 12.1. The van der Waals surface area contributed by atoms with Gasteiger partial charge in [0.25, 0.3) is 0 Å². The summed E-state index contributed by atoms with van der Waals surface area (Å²) >= 11 is 6.10. The van der Waals surface area contributed by atoms with Crippen molar-refractivity contribution in [3.05, 3.63) is 70.6 Å². The molecule has 0 unspecified atom stereocenters. The van der Waals surface area contributed by atoms with E-state index >= 15 is 0 Å². The fraction of sp³-hybridized carbons (Fsp3) is 0.238. The number of benzene rings is 1. The molecule has 1 saturated heterocycles. The zero-order valence-corrected chi connectivity index (χ0v) is 15.8. The molecule has 1 aromatic carbocycles. The van der Waals surface area contributed by atoms with E-state index in [9.17, 15) is 4.79 Å². The van der Waals surface area contributed by atoms with E-state index in [1.807, 2.05) is 49.4 Å². The Morgan fingerprint density at radius 2 is 2.15 bits per heavy atom. The van der Waals surface area contributed by atoms with Gasteiger partial charge in [0, 0.05) is 41.7 Å². The highest BCUT2D eigenvalue weighted by molar-refractivity contribution is 6.31. The van der Waals surface area contributed by atoms with E-state index in [0.717, 1.165) is 40.0 Å². The number of fused-ring (bicyclic) bond motifs is 1. The highest BCUT2D eigenvalue weighted by Crippen LogP contribution is 2.23. The summed E-state index contributed by atoms with van der Waals surface area (Å²) in [7, 11) is 0. The van der Waals surface area contributed by atoms with Crippen LogP contribution in [0, 0.1) is 6.92 Å². The van der Waals surface area contributed by atoms with Crippen LogP contribution in [0.5, 0.6) is 0 Å². The topological polar surface area (TPSA) is 58.5 Å². The van der Waals surface area contributed by atoms with Crippen molar-refractivity contribution < 1.29 is 4.79 Å². The zero-order chi connectivity index (χ0) is 18.8. The molecular formula is C21H19ClN4O. The van der Waals surface area contributed by atoms with Crippen molar-refractivity contribution in [2.75, 3.05) is 6.54 Å². The van der Waals surface area contributed by atoms with Crippen LogP contribution < -0.4 is 0 Å². The number of hydrogen-bond acceptors (Lipinski definition) is 4. The Bertz CT molecular complexity index is 1050. The summed E-state index contributed by atoms with van der Waals surface area (Å²) in [5, 5.41) is 7.93. The van der Waals surface area contributed by atoms with Crippen LogP contribution in [0.1, 0.15) is 29.8 Å². The molecule has 1 amide bonds. The Kier molecular flexibility index (Phi) is 4.86. The van der Waals surface area contributed by atoms with Gasteiger partial charge in [-0.05, 0) is 49.2 Å². The fourth-order valence-electron chi connectivity index (χ4n) is 3.28. The van der Waals surface area contributed by atoms with E-state index in [-0.39, 0.29) is 5.91 Å². The molecular weight excluding hydrogens is 360 g/mol. The van der Waals surface area contributed by atoms with Gasteiger partial charge < -0.3 is 0 Å². The second kappa shape index (κ2) is 7.45. The number of hydrogen-bond donors (Lipinski definition) is 0. The van der Waals surface area contributed by atoms with Gasteiger partial charge >= 0.3 is 0 Å². The Balaban J connectivity index is 1.78. The van der Waals surface area contributed by atoms with Gasteiger partial charge in [0.1, 0.15) is 0 Å². The lowest BCUT2D eigenvalue weighted by Crippen LogP contribution is -2.22. The quantitative estimate of drug-likeness (QED) is 0.640. The van der Waals surface area contributed by atoms with Crippen LogP contribution in [-0.2, 0) is 11.2 Å². The van der Waals surface area contributed by atoms with Crippen LogP contribution in [0.4, 0.5) is 0 Å². The largest absolute Gasteiger partial charge is 0.273 e. The molecule has 0 radical (unpaired) electrons. The van der Waals surface area contributed by atoms with Gasteiger partial charge in [0.15, 0.2) is 0 Å². The predicted molar refractivity (Wildman–Crippen MR) is 107 cm³/mol. The first kappa shape index (κ1) is 17.6. The second-order valence-electron chi connectivity index (χ2n) is 6.64.